The maximum Gasteiger partial charge on any atom is 0.303 e. The fourth-order valence-electron chi connectivity index (χ4n) is 1.90. The van der Waals surface area contributed by atoms with Gasteiger partial charge in [-0.1, -0.05) is 28.8 Å². The highest BCUT2D eigenvalue weighted by Gasteiger charge is 2.19. The second kappa shape index (κ2) is 9.14. The number of carbonyl (C=O) groups excluding carboxylic acids is 1. The normalized spacial score (nSPS) is 10.2. The second-order valence-electron chi connectivity index (χ2n) is 4.73. The number of carboxylic acid groups (broad SMARTS) is 1. The molecule has 0 bridgehead atoms. The number of halogens is 1. The second-order valence-corrected chi connectivity index (χ2v) is 5.65. The molecule has 0 saturated heterocycles. The average molecular weight is 373 g/mol. The Labute approximate surface area is 136 Å². The van der Waals surface area contributed by atoms with Crippen LogP contribution in [0, 0.1) is 10.1 Å². The Morgan fingerprint density at radius 2 is 1.91 bits per heavy atom. The summed E-state index contributed by atoms with van der Waals surface area (Å²) >= 11 is 3.13. The Balaban J connectivity index is 2.40. The van der Waals surface area contributed by atoms with Gasteiger partial charge in [0.25, 0.3) is 11.6 Å². The third kappa shape index (κ3) is 6.21. The number of hydrogen-bond donors (Lipinski definition) is 2. The SMILES string of the molecule is O=C(O)CCCCCCNC(=O)c1ccc(Br)cc1[N+](=O)[O-]. The van der Waals surface area contributed by atoms with E-state index in [1.807, 2.05) is 0 Å². The zero-order chi connectivity index (χ0) is 16.5. The van der Waals surface area contributed by atoms with E-state index in [0.717, 1.165) is 12.8 Å². The van der Waals surface area contributed by atoms with Crippen LogP contribution in [0.2, 0.25) is 0 Å². The number of nitro groups is 1. The highest BCUT2D eigenvalue weighted by molar-refractivity contribution is 9.10. The van der Waals surface area contributed by atoms with Crippen molar-refractivity contribution in [1.82, 2.24) is 5.32 Å². The van der Waals surface area contributed by atoms with Crippen molar-refractivity contribution < 1.29 is 19.6 Å². The zero-order valence-electron chi connectivity index (χ0n) is 11.9. The van der Waals surface area contributed by atoms with Gasteiger partial charge in [-0.2, -0.15) is 0 Å². The maximum atomic E-state index is 12.0. The first-order valence-electron chi connectivity index (χ1n) is 6.85. The molecule has 0 aliphatic heterocycles. The molecule has 1 aromatic rings. The van der Waals surface area contributed by atoms with Crippen molar-refractivity contribution >= 4 is 33.5 Å². The first-order chi connectivity index (χ1) is 10.4. The van der Waals surface area contributed by atoms with E-state index in [2.05, 4.69) is 21.2 Å². The lowest BCUT2D eigenvalue weighted by Crippen LogP contribution is -2.25. The summed E-state index contributed by atoms with van der Waals surface area (Å²) in [6, 6.07) is 4.28. The molecule has 0 saturated carbocycles. The molecule has 0 aliphatic carbocycles. The standard InChI is InChI=1S/C14H17BrN2O5/c15-10-6-7-11(12(9-10)17(21)22)14(20)16-8-4-2-1-3-5-13(18)19/h6-7,9H,1-5,8H2,(H,16,20)(H,18,19). The number of hydrogen-bond acceptors (Lipinski definition) is 4. The lowest BCUT2D eigenvalue weighted by molar-refractivity contribution is -0.385. The molecule has 0 fully saturated rings. The van der Waals surface area contributed by atoms with Crippen molar-refractivity contribution in [3.05, 3.63) is 38.3 Å². The highest BCUT2D eigenvalue weighted by atomic mass is 79.9. The molecule has 7 nitrogen and oxygen atoms in total. The quantitative estimate of drug-likeness (QED) is 0.393. The van der Waals surface area contributed by atoms with Crippen LogP contribution in [0.25, 0.3) is 0 Å². The van der Waals surface area contributed by atoms with Crippen molar-refractivity contribution in [2.45, 2.75) is 32.1 Å². The molecule has 0 atom stereocenters. The average Bonchev–Trinajstić information content (AvgIpc) is 2.45. The first-order valence-corrected chi connectivity index (χ1v) is 7.65. The van der Waals surface area contributed by atoms with Crippen molar-refractivity contribution in [3.8, 4) is 0 Å². The van der Waals surface area contributed by atoms with E-state index in [-0.39, 0.29) is 17.7 Å². The summed E-state index contributed by atoms with van der Waals surface area (Å²) in [6.45, 7) is 0.402. The van der Waals surface area contributed by atoms with Gasteiger partial charge in [-0.05, 0) is 25.0 Å². The minimum atomic E-state index is -0.809. The fourth-order valence-corrected chi connectivity index (χ4v) is 2.25. The van der Waals surface area contributed by atoms with E-state index in [9.17, 15) is 19.7 Å². The van der Waals surface area contributed by atoms with Gasteiger partial charge in [0.05, 0.1) is 4.92 Å². The third-order valence-electron chi connectivity index (χ3n) is 3.00. The van der Waals surface area contributed by atoms with Gasteiger partial charge in [0.15, 0.2) is 0 Å². The van der Waals surface area contributed by atoms with Crippen LogP contribution in [0.1, 0.15) is 42.5 Å². The van der Waals surface area contributed by atoms with Crippen molar-refractivity contribution in [2.24, 2.45) is 0 Å². The number of carboxylic acids is 1. The van der Waals surface area contributed by atoms with E-state index in [1.54, 1.807) is 6.07 Å². The molecular weight excluding hydrogens is 356 g/mol. The molecule has 0 aromatic heterocycles. The van der Waals surface area contributed by atoms with Gasteiger partial charge in [0.2, 0.25) is 0 Å². The van der Waals surface area contributed by atoms with E-state index in [1.165, 1.54) is 12.1 Å². The maximum absolute atomic E-state index is 12.0. The van der Waals surface area contributed by atoms with Crippen molar-refractivity contribution in [2.75, 3.05) is 6.54 Å². The molecule has 0 radical (unpaired) electrons. The summed E-state index contributed by atoms with van der Waals surface area (Å²) < 4.78 is 0.536. The molecule has 0 aliphatic rings. The van der Waals surface area contributed by atoms with Crippen LogP contribution in [-0.2, 0) is 4.79 Å². The molecule has 8 heteroatoms. The fraction of sp³-hybridized carbons (Fsp3) is 0.429. The van der Waals surface area contributed by atoms with Crippen LogP contribution in [0.4, 0.5) is 5.69 Å². The lowest BCUT2D eigenvalue weighted by Gasteiger charge is -2.06. The monoisotopic (exact) mass is 372 g/mol. The first kappa shape index (κ1) is 18.1. The molecule has 0 heterocycles. The van der Waals surface area contributed by atoms with E-state index in [0.29, 0.717) is 23.9 Å². The summed E-state index contributed by atoms with van der Waals surface area (Å²) in [4.78, 5) is 32.6. The van der Waals surface area contributed by atoms with Crippen molar-refractivity contribution in [1.29, 1.82) is 0 Å². The van der Waals surface area contributed by atoms with E-state index >= 15 is 0 Å². The van der Waals surface area contributed by atoms with Crippen LogP contribution in [0.3, 0.4) is 0 Å². The number of carbonyl (C=O) groups is 2. The number of aliphatic carboxylic acids is 1. The number of amides is 1. The van der Waals surface area contributed by atoms with Crippen LogP contribution in [-0.4, -0.2) is 28.5 Å². The molecule has 1 rings (SSSR count). The van der Waals surface area contributed by atoms with Crippen LogP contribution in [0.5, 0.6) is 0 Å². The summed E-state index contributed by atoms with van der Waals surface area (Å²) in [5.74, 6) is -1.29. The van der Waals surface area contributed by atoms with Crippen LogP contribution < -0.4 is 5.32 Å². The third-order valence-corrected chi connectivity index (χ3v) is 3.50. The minimum Gasteiger partial charge on any atom is -0.481 e. The smallest absolute Gasteiger partial charge is 0.303 e. The zero-order valence-corrected chi connectivity index (χ0v) is 13.5. The summed E-state index contributed by atoms with van der Waals surface area (Å²) in [5, 5.41) is 22.1. The Kier molecular flexibility index (Phi) is 7.51. The number of benzene rings is 1. The number of rotatable bonds is 9. The molecule has 0 spiro atoms. The van der Waals surface area contributed by atoms with Gasteiger partial charge in [0, 0.05) is 23.5 Å². The van der Waals surface area contributed by atoms with Crippen LogP contribution >= 0.6 is 15.9 Å². The molecule has 0 unspecified atom stereocenters. The van der Waals surface area contributed by atoms with Gasteiger partial charge in [-0.25, -0.2) is 0 Å². The largest absolute Gasteiger partial charge is 0.481 e. The molecule has 1 aromatic carbocycles. The Morgan fingerprint density at radius 1 is 1.23 bits per heavy atom. The molecular formula is C14H17BrN2O5. The minimum absolute atomic E-state index is 0.0269. The predicted molar refractivity (Wildman–Crippen MR) is 83.9 cm³/mol. The predicted octanol–water partition coefficient (Wildman–Crippen LogP) is 3.12. The van der Waals surface area contributed by atoms with Gasteiger partial charge in [-0.3, -0.25) is 19.7 Å². The number of unbranched alkanes of at least 4 members (excludes halogenated alkanes) is 3. The Hall–Kier alpha value is -1.96. The van der Waals surface area contributed by atoms with Gasteiger partial charge < -0.3 is 10.4 Å². The molecule has 22 heavy (non-hydrogen) atoms. The van der Waals surface area contributed by atoms with E-state index < -0.39 is 16.8 Å². The van der Waals surface area contributed by atoms with E-state index in [4.69, 9.17) is 5.11 Å². The summed E-state index contributed by atoms with van der Waals surface area (Å²) in [5.41, 5.74) is -0.215. The number of nitrogens with zero attached hydrogens (tertiary/aromatic N) is 1. The number of nitrogens with one attached hydrogen (secondary N) is 1. The van der Waals surface area contributed by atoms with Crippen molar-refractivity contribution in [3.63, 3.8) is 0 Å². The van der Waals surface area contributed by atoms with Gasteiger partial charge >= 0.3 is 5.97 Å². The Bertz CT molecular complexity index is 562. The topological polar surface area (TPSA) is 110 Å². The Morgan fingerprint density at radius 3 is 2.55 bits per heavy atom. The van der Waals surface area contributed by atoms with Gasteiger partial charge in [0.1, 0.15) is 5.56 Å². The molecule has 2 N–H and O–H groups in total. The summed E-state index contributed by atoms with van der Waals surface area (Å²) in [6.07, 6.45) is 3.05. The van der Waals surface area contributed by atoms with Gasteiger partial charge in [-0.15, -0.1) is 0 Å². The number of nitro benzene ring substituents is 1. The summed E-state index contributed by atoms with van der Waals surface area (Å²) in [7, 11) is 0. The van der Waals surface area contributed by atoms with Crippen LogP contribution in [0.15, 0.2) is 22.7 Å². The molecule has 1 amide bonds. The lowest BCUT2D eigenvalue weighted by atomic mass is 10.1. The molecule has 120 valence electrons. The highest BCUT2D eigenvalue weighted by Crippen LogP contribution is 2.23.